The number of nitrogens with zero attached hydrogens (tertiary/aromatic N) is 3. The average molecular weight is 183 g/mol. The van der Waals surface area contributed by atoms with Gasteiger partial charge in [-0.05, 0) is 19.8 Å². The maximum absolute atomic E-state index is 9.25. The van der Waals surface area contributed by atoms with Crippen molar-refractivity contribution in [3.8, 4) is 0 Å². The zero-order valence-corrected chi connectivity index (χ0v) is 8.44. The van der Waals surface area contributed by atoms with Crippen molar-refractivity contribution in [2.75, 3.05) is 0 Å². The Bertz CT molecular complexity index is 253. The molecule has 1 atom stereocenters. The highest BCUT2D eigenvalue weighted by Gasteiger charge is 2.11. The lowest BCUT2D eigenvalue weighted by Crippen LogP contribution is -2.07. The Morgan fingerprint density at radius 3 is 2.46 bits per heavy atom. The molecule has 1 aromatic rings. The second-order valence-electron chi connectivity index (χ2n) is 3.27. The number of aliphatic hydroxyl groups is 1. The van der Waals surface area contributed by atoms with Crippen LogP contribution in [0.25, 0.3) is 0 Å². The summed E-state index contributed by atoms with van der Waals surface area (Å²) >= 11 is 0. The second kappa shape index (κ2) is 4.37. The Kier molecular flexibility index (Phi) is 3.42. The molecule has 74 valence electrons. The van der Waals surface area contributed by atoms with Crippen LogP contribution in [0.2, 0.25) is 0 Å². The van der Waals surface area contributed by atoms with Gasteiger partial charge in [0.1, 0.15) is 5.69 Å². The molecule has 0 amide bonds. The summed E-state index contributed by atoms with van der Waals surface area (Å²) in [7, 11) is 0. The van der Waals surface area contributed by atoms with Gasteiger partial charge in [0.05, 0.1) is 18.3 Å². The molecule has 0 aromatic carbocycles. The fourth-order valence-electron chi connectivity index (χ4n) is 1.32. The Labute approximate surface area is 78.6 Å². The van der Waals surface area contributed by atoms with Crippen LogP contribution in [0, 0.1) is 0 Å². The monoisotopic (exact) mass is 183 g/mol. The molecule has 0 bridgehead atoms. The molecule has 0 aliphatic rings. The van der Waals surface area contributed by atoms with E-state index in [9.17, 15) is 5.11 Å². The first kappa shape index (κ1) is 10.2. The summed E-state index contributed by atoms with van der Waals surface area (Å²) in [6, 6.07) is 0.403. The summed E-state index contributed by atoms with van der Waals surface area (Å²) in [5.41, 5.74) is 0.645. The fraction of sp³-hybridized carbons (Fsp3) is 0.778. The van der Waals surface area contributed by atoms with Crippen LogP contribution in [0.1, 0.15) is 51.5 Å². The Hall–Kier alpha value is -0.900. The minimum atomic E-state index is -0.525. The molecular formula is C9H17N3O. The van der Waals surface area contributed by atoms with E-state index in [1.807, 2.05) is 10.9 Å². The van der Waals surface area contributed by atoms with Crippen LogP contribution in [0.15, 0.2) is 6.20 Å². The number of aromatic nitrogens is 3. The van der Waals surface area contributed by atoms with E-state index in [0.717, 1.165) is 12.8 Å². The van der Waals surface area contributed by atoms with Crippen LogP contribution in [0.5, 0.6) is 0 Å². The standard InChI is InChI=1S/C9H17N3O/c1-4-8(5-2)12-6-9(7(3)13)10-11-12/h6-8,13H,4-5H2,1-3H3. The summed E-state index contributed by atoms with van der Waals surface area (Å²) in [4.78, 5) is 0. The van der Waals surface area contributed by atoms with Gasteiger partial charge in [0.15, 0.2) is 0 Å². The van der Waals surface area contributed by atoms with Gasteiger partial charge in [-0.1, -0.05) is 19.1 Å². The predicted molar refractivity (Wildman–Crippen MR) is 50.3 cm³/mol. The van der Waals surface area contributed by atoms with Gasteiger partial charge in [-0.2, -0.15) is 0 Å². The Morgan fingerprint density at radius 1 is 1.46 bits per heavy atom. The topological polar surface area (TPSA) is 50.9 Å². The van der Waals surface area contributed by atoms with Gasteiger partial charge in [0.25, 0.3) is 0 Å². The number of hydrogen-bond donors (Lipinski definition) is 1. The predicted octanol–water partition coefficient (Wildman–Crippen LogP) is 1.69. The van der Waals surface area contributed by atoms with Gasteiger partial charge in [0, 0.05) is 0 Å². The highest BCUT2D eigenvalue weighted by Crippen LogP contribution is 2.15. The molecular weight excluding hydrogens is 166 g/mol. The average Bonchev–Trinajstić information content (AvgIpc) is 2.56. The molecule has 1 rings (SSSR count). The van der Waals surface area contributed by atoms with Gasteiger partial charge in [-0.25, -0.2) is 4.68 Å². The molecule has 1 aromatic heterocycles. The maximum Gasteiger partial charge on any atom is 0.111 e. The molecule has 0 saturated carbocycles. The van der Waals surface area contributed by atoms with E-state index >= 15 is 0 Å². The van der Waals surface area contributed by atoms with Gasteiger partial charge >= 0.3 is 0 Å². The third-order valence-corrected chi connectivity index (χ3v) is 2.27. The maximum atomic E-state index is 9.25. The lowest BCUT2D eigenvalue weighted by Gasteiger charge is -2.10. The number of aliphatic hydroxyl groups excluding tert-OH is 1. The molecule has 13 heavy (non-hydrogen) atoms. The zero-order chi connectivity index (χ0) is 9.84. The summed E-state index contributed by atoms with van der Waals surface area (Å²) in [5, 5.41) is 17.1. The SMILES string of the molecule is CCC(CC)n1cc(C(C)O)nn1. The van der Waals surface area contributed by atoms with Gasteiger partial charge in [-0.15, -0.1) is 5.10 Å². The van der Waals surface area contributed by atoms with Crippen LogP contribution in [0.3, 0.4) is 0 Å². The van der Waals surface area contributed by atoms with Crippen LogP contribution in [-0.2, 0) is 0 Å². The van der Waals surface area contributed by atoms with E-state index in [1.54, 1.807) is 6.92 Å². The normalized spacial score (nSPS) is 13.6. The second-order valence-corrected chi connectivity index (χ2v) is 3.27. The first-order valence-electron chi connectivity index (χ1n) is 4.78. The Morgan fingerprint density at radius 2 is 2.08 bits per heavy atom. The lowest BCUT2D eigenvalue weighted by atomic mass is 10.2. The first-order valence-corrected chi connectivity index (χ1v) is 4.78. The van der Waals surface area contributed by atoms with Crippen molar-refractivity contribution < 1.29 is 5.11 Å². The largest absolute Gasteiger partial charge is 0.387 e. The van der Waals surface area contributed by atoms with Gasteiger partial charge < -0.3 is 5.11 Å². The minimum Gasteiger partial charge on any atom is -0.387 e. The smallest absolute Gasteiger partial charge is 0.111 e. The summed E-state index contributed by atoms with van der Waals surface area (Å²) in [6.45, 7) is 5.94. The molecule has 0 saturated heterocycles. The molecule has 0 radical (unpaired) electrons. The van der Waals surface area contributed by atoms with Crippen molar-refractivity contribution in [3.05, 3.63) is 11.9 Å². The molecule has 0 aliphatic carbocycles. The van der Waals surface area contributed by atoms with Gasteiger partial charge in [0.2, 0.25) is 0 Å². The van der Waals surface area contributed by atoms with E-state index in [0.29, 0.717) is 11.7 Å². The van der Waals surface area contributed by atoms with Crippen molar-refractivity contribution in [2.45, 2.75) is 45.8 Å². The molecule has 4 nitrogen and oxygen atoms in total. The summed E-state index contributed by atoms with van der Waals surface area (Å²) < 4.78 is 1.84. The first-order chi connectivity index (χ1) is 6.19. The minimum absolute atomic E-state index is 0.403. The molecule has 4 heteroatoms. The van der Waals surface area contributed by atoms with Crippen molar-refractivity contribution in [3.63, 3.8) is 0 Å². The third-order valence-electron chi connectivity index (χ3n) is 2.27. The lowest BCUT2D eigenvalue weighted by molar-refractivity contribution is 0.194. The number of rotatable bonds is 4. The molecule has 0 spiro atoms. The van der Waals surface area contributed by atoms with E-state index in [-0.39, 0.29) is 0 Å². The van der Waals surface area contributed by atoms with E-state index < -0.39 is 6.10 Å². The highest BCUT2D eigenvalue weighted by molar-refractivity contribution is 4.96. The molecule has 1 N–H and O–H groups in total. The molecule has 0 aliphatic heterocycles. The van der Waals surface area contributed by atoms with Crippen LogP contribution >= 0.6 is 0 Å². The molecule has 1 heterocycles. The van der Waals surface area contributed by atoms with E-state index in [4.69, 9.17) is 0 Å². The summed E-state index contributed by atoms with van der Waals surface area (Å²) in [5.74, 6) is 0. The van der Waals surface area contributed by atoms with Crippen LogP contribution in [-0.4, -0.2) is 20.1 Å². The van der Waals surface area contributed by atoms with Crippen molar-refractivity contribution >= 4 is 0 Å². The van der Waals surface area contributed by atoms with Crippen LogP contribution < -0.4 is 0 Å². The highest BCUT2D eigenvalue weighted by atomic mass is 16.3. The van der Waals surface area contributed by atoms with E-state index in [2.05, 4.69) is 24.2 Å². The van der Waals surface area contributed by atoms with Crippen molar-refractivity contribution in [1.29, 1.82) is 0 Å². The van der Waals surface area contributed by atoms with Gasteiger partial charge in [-0.3, -0.25) is 0 Å². The molecule has 1 unspecified atom stereocenters. The Balaban J connectivity index is 2.78. The number of hydrogen-bond acceptors (Lipinski definition) is 3. The van der Waals surface area contributed by atoms with Crippen molar-refractivity contribution in [1.82, 2.24) is 15.0 Å². The van der Waals surface area contributed by atoms with Crippen LogP contribution in [0.4, 0.5) is 0 Å². The quantitative estimate of drug-likeness (QED) is 0.772. The third kappa shape index (κ3) is 2.28. The van der Waals surface area contributed by atoms with Crippen molar-refractivity contribution in [2.24, 2.45) is 0 Å². The zero-order valence-electron chi connectivity index (χ0n) is 8.44. The fourth-order valence-corrected chi connectivity index (χ4v) is 1.32. The molecule has 0 fully saturated rings. The van der Waals surface area contributed by atoms with E-state index in [1.165, 1.54) is 0 Å². The summed E-state index contributed by atoms with van der Waals surface area (Å²) in [6.07, 6.45) is 3.38.